The normalized spacial score (nSPS) is 34.5. The van der Waals surface area contributed by atoms with E-state index in [1.54, 1.807) is 6.20 Å². The molecule has 5 heteroatoms. The fourth-order valence-corrected chi connectivity index (χ4v) is 3.67. The van der Waals surface area contributed by atoms with E-state index < -0.39 is 5.60 Å². The van der Waals surface area contributed by atoms with E-state index in [1.807, 2.05) is 19.1 Å². The molecule has 1 aromatic rings. The number of anilines is 1. The van der Waals surface area contributed by atoms with E-state index in [9.17, 15) is 5.11 Å². The van der Waals surface area contributed by atoms with Crippen LogP contribution in [0.4, 0.5) is 5.82 Å². The lowest BCUT2D eigenvalue weighted by molar-refractivity contribution is -0.108. The van der Waals surface area contributed by atoms with Crippen molar-refractivity contribution in [1.82, 2.24) is 4.98 Å². The highest BCUT2D eigenvalue weighted by Crippen LogP contribution is 2.39. The molecule has 2 aliphatic heterocycles. The second-order valence-electron chi connectivity index (χ2n) is 6.00. The zero-order valence-corrected chi connectivity index (χ0v) is 12.5. The van der Waals surface area contributed by atoms with E-state index in [2.05, 4.69) is 9.88 Å². The lowest BCUT2D eigenvalue weighted by Crippen LogP contribution is -2.52. The number of hydrogen-bond acceptors (Lipinski definition) is 4. The zero-order valence-electron chi connectivity index (χ0n) is 11.8. The van der Waals surface area contributed by atoms with E-state index in [1.165, 1.54) is 0 Å². The van der Waals surface area contributed by atoms with Crippen molar-refractivity contribution in [2.24, 2.45) is 5.92 Å². The Morgan fingerprint density at radius 3 is 3.15 bits per heavy atom. The van der Waals surface area contributed by atoms with Gasteiger partial charge in [0.1, 0.15) is 5.82 Å². The summed E-state index contributed by atoms with van der Waals surface area (Å²) in [5.74, 6) is 0.940. The summed E-state index contributed by atoms with van der Waals surface area (Å²) in [6.07, 6.45) is 4.62. The van der Waals surface area contributed by atoms with Crippen molar-refractivity contribution in [1.29, 1.82) is 0 Å². The van der Waals surface area contributed by atoms with Gasteiger partial charge in [-0.1, -0.05) is 11.6 Å². The third kappa shape index (κ3) is 2.52. The molecule has 0 spiro atoms. The van der Waals surface area contributed by atoms with Crippen LogP contribution < -0.4 is 4.90 Å². The van der Waals surface area contributed by atoms with Crippen LogP contribution in [0.3, 0.4) is 0 Å². The van der Waals surface area contributed by atoms with Crippen molar-refractivity contribution in [3.63, 3.8) is 0 Å². The Kier molecular flexibility index (Phi) is 3.89. The maximum absolute atomic E-state index is 10.7. The van der Waals surface area contributed by atoms with Gasteiger partial charge in [-0.15, -0.1) is 0 Å². The Hall–Kier alpha value is -0.840. The predicted molar refractivity (Wildman–Crippen MR) is 79.2 cm³/mol. The Bertz CT molecular complexity index is 481. The van der Waals surface area contributed by atoms with Crippen molar-refractivity contribution in [3.05, 3.63) is 23.4 Å². The molecule has 2 saturated heterocycles. The standard InChI is InChI=1S/C15H21ClN2O2/c1-15(19)6-9-20-10-11(15)13-5-3-8-18(13)14-12(16)4-2-7-17-14/h2,4,7,11,13,19H,3,5-6,8-10H2,1H3/t11-,13-,15+/m1/s1. The topological polar surface area (TPSA) is 45.6 Å². The van der Waals surface area contributed by atoms with Gasteiger partial charge in [0.25, 0.3) is 0 Å². The first-order chi connectivity index (χ1) is 9.59. The molecule has 20 heavy (non-hydrogen) atoms. The first-order valence-electron chi connectivity index (χ1n) is 7.27. The fourth-order valence-electron chi connectivity index (χ4n) is 3.44. The van der Waals surface area contributed by atoms with Gasteiger partial charge in [-0.05, 0) is 38.3 Å². The molecule has 1 N–H and O–H groups in total. The molecule has 0 amide bonds. The van der Waals surface area contributed by atoms with Crippen LogP contribution >= 0.6 is 11.6 Å². The van der Waals surface area contributed by atoms with Crippen molar-refractivity contribution in [2.45, 2.75) is 37.8 Å². The van der Waals surface area contributed by atoms with Gasteiger partial charge >= 0.3 is 0 Å². The molecular formula is C15H21ClN2O2. The summed E-state index contributed by atoms with van der Waals surface area (Å²) >= 11 is 6.28. The van der Waals surface area contributed by atoms with Crippen LogP contribution in [0.1, 0.15) is 26.2 Å². The van der Waals surface area contributed by atoms with Crippen LogP contribution in [0, 0.1) is 5.92 Å². The molecule has 4 nitrogen and oxygen atoms in total. The summed E-state index contributed by atoms with van der Waals surface area (Å²) in [5.41, 5.74) is -0.674. The minimum absolute atomic E-state index is 0.108. The Labute approximate surface area is 124 Å². The number of pyridine rings is 1. The summed E-state index contributed by atoms with van der Waals surface area (Å²) in [7, 11) is 0. The molecule has 110 valence electrons. The summed E-state index contributed by atoms with van der Waals surface area (Å²) < 4.78 is 5.60. The van der Waals surface area contributed by atoms with Gasteiger partial charge in [-0.2, -0.15) is 0 Å². The molecule has 2 aliphatic rings. The van der Waals surface area contributed by atoms with Gasteiger partial charge in [0.05, 0.1) is 17.2 Å². The number of rotatable bonds is 2. The zero-order chi connectivity index (χ0) is 14.2. The molecule has 0 radical (unpaired) electrons. The molecule has 0 aliphatic carbocycles. The number of hydrogen-bond donors (Lipinski definition) is 1. The molecule has 0 unspecified atom stereocenters. The third-order valence-electron chi connectivity index (χ3n) is 4.62. The highest BCUT2D eigenvalue weighted by Gasteiger charge is 2.44. The lowest BCUT2D eigenvalue weighted by Gasteiger charge is -2.43. The number of halogens is 1. The lowest BCUT2D eigenvalue weighted by atomic mass is 9.79. The molecule has 3 rings (SSSR count). The van der Waals surface area contributed by atoms with Gasteiger partial charge in [-0.3, -0.25) is 0 Å². The minimum atomic E-state index is -0.674. The average molecular weight is 297 g/mol. The molecule has 0 saturated carbocycles. The first kappa shape index (κ1) is 14.1. The molecular weight excluding hydrogens is 276 g/mol. The number of ether oxygens (including phenoxy) is 1. The fraction of sp³-hybridized carbons (Fsp3) is 0.667. The van der Waals surface area contributed by atoms with Gasteiger partial charge < -0.3 is 14.7 Å². The van der Waals surface area contributed by atoms with Crippen LogP contribution in [-0.2, 0) is 4.74 Å². The van der Waals surface area contributed by atoms with Crippen molar-refractivity contribution in [3.8, 4) is 0 Å². The molecule has 2 fully saturated rings. The Morgan fingerprint density at radius 2 is 2.40 bits per heavy atom. The first-order valence-corrected chi connectivity index (χ1v) is 7.65. The highest BCUT2D eigenvalue weighted by atomic mass is 35.5. The Morgan fingerprint density at radius 1 is 1.55 bits per heavy atom. The molecule has 3 atom stereocenters. The van der Waals surface area contributed by atoms with E-state index in [0.29, 0.717) is 24.7 Å². The number of nitrogens with zero attached hydrogens (tertiary/aromatic N) is 2. The van der Waals surface area contributed by atoms with Crippen molar-refractivity contribution >= 4 is 17.4 Å². The average Bonchev–Trinajstić information content (AvgIpc) is 2.87. The summed E-state index contributed by atoms with van der Waals surface area (Å²) in [6.45, 7) is 4.11. The maximum atomic E-state index is 10.7. The van der Waals surface area contributed by atoms with Crippen LogP contribution in [0.15, 0.2) is 18.3 Å². The second kappa shape index (κ2) is 5.51. The van der Waals surface area contributed by atoms with Gasteiger partial charge in [-0.25, -0.2) is 4.98 Å². The van der Waals surface area contributed by atoms with E-state index >= 15 is 0 Å². The van der Waals surface area contributed by atoms with Gasteiger partial charge in [0.2, 0.25) is 0 Å². The summed E-state index contributed by atoms with van der Waals surface area (Å²) in [6, 6.07) is 3.96. The van der Waals surface area contributed by atoms with Crippen LogP contribution in [0.5, 0.6) is 0 Å². The van der Waals surface area contributed by atoms with Crippen molar-refractivity contribution < 1.29 is 9.84 Å². The van der Waals surface area contributed by atoms with Crippen LogP contribution in [0.2, 0.25) is 5.02 Å². The van der Waals surface area contributed by atoms with Crippen LogP contribution in [-0.4, -0.2) is 41.5 Å². The van der Waals surface area contributed by atoms with Crippen LogP contribution in [0.25, 0.3) is 0 Å². The highest BCUT2D eigenvalue weighted by molar-refractivity contribution is 6.32. The Balaban J connectivity index is 1.87. The number of aromatic nitrogens is 1. The van der Waals surface area contributed by atoms with Crippen molar-refractivity contribution in [2.75, 3.05) is 24.7 Å². The van der Waals surface area contributed by atoms with E-state index in [-0.39, 0.29) is 12.0 Å². The summed E-state index contributed by atoms with van der Waals surface area (Å²) in [4.78, 5) is 6.67. The number of aliphatic hydroxyl groups is 1. The molecule has 0 aromatic carbocycles. The van der Waals surface area contributed by atoms with E-state index in [0.717, 1.165) is 25.2 Å². The summed E-state index contributed by atoms with van der Waals surface area (Å²) in [5, 5.41) is 11.3. The molecule has 1 aromatic heterocycles. The monoisotopic (exact) mass is 296 g/mol. The second-order valence-corrected chi connectivity index (χ2v) is 6.41. The molecule has 0 bridgehead atoms. The molecule has 3 heterocycles. The smallest absolute Gasteiger partial charge is 0.147 e. The SMILES string of the molecule is C[C@]1(O)CCOC[C@@H]1[C@H]1CCCN1c1ncccc1Cl. The van der Waals surface area contributed by atoms with E-state index in [4.69, 9.17) is 16.3 Å². The van der Waals surface area contributed by atoms with Gasteiger partial charge in [0, 0.05) is 31.3 Å². The maximum Gasteiger partial charge on any atom is 0.147 e. The van der Waals surface area contributed by atoms with Gasteiger partial charge in [0.15, 0.2) is 0 Å². The third-order valence-corrected chi connectivity index (χ3v) is 4.92. The quantitative estimate of drug-likeness (QED) is 0.911. The largest absolute Gasteiger partial charge is 0.390 e. The predicted octanol–water partition coefficient (Wildman–Crippen LogP) is 2.49. The minimum Gasteiger partial charge on any atom is -0.390 e.